The number of nitrogens with one attached hydrogen (secondary N) is 2. The topological polar surface area (TPSA) is 91.4 Å². The summed E-state index contributed by atoms with van der Waals surface area (Å²) in [5, 5.41) is 8.35. The number of likely N-dealkylation sites (tertiary alicyclic amines) is 1. The molecular weight excluding hydrogens is 461 g/mol. The SMILES string of the molecule is Cn1ccc(Nc2ncnc3ccc(Oc4ccc(OCC[NH+]5CC[C@H](F)C5)cn4)cc23)n1.[Cl-]. The summed E-state index contributed by atoms with van der Waals surface area (Å²) < 4.78 is 26.6. The second-order valence-electron chi connectivity index (χ2n) is 8.02. The number of fused-ring (bicyclic) bond motifs is 1. The molecule has 1 fully saturated rings. The number of benzene rings is 1. The maximum absolute atomic E-state index is 13.3. The summed E-state index contributed by atoms with van der Waals surface area (Å²) in [6, 6.07) is 11.0. The molecule has 2 atom stereocenters. The van der Waals surface area contributed by atoms with E-state index in [1.165, 1.54) is 11.2 Å². The van der Waals surface area contributed by atoms with Gasteiger partial charge in [-0.05, 0) is 24.3 Å². The number of alkyl halides is 1. The largest absolute Gasteiger partial charge is 1.00 e. The Kier molecular flexibility index (Phi) is 7.39. The van der Waals surface area contributed by atoms with Crippen molar-refractivity contribution < 1.29 is 31.2 Å². The molecule has 5 rings (SSSR count). The van der Waals surface area contributed by atoms with Crippen molar-refractivity contribution in [1.82, 2.24) is 24.7 Å². The standard InChI is InChI=1S/C23H24FN7O2.ClH/c1-30-8-7-21(29-30)28-23-19-12-17(2-4-20(19)26-15-27-23)33-22-5-3-18(13-25-22)32-11-10-31-9-6-16(24)14-31;/h2-5,7-8,12-13,15-16H,6,9-11,14H2,1H3,(H,26,27,28,29);1H/t16-;/m0./s1. The van der Waals surface area contributed by atoms with E-state index < -0.39 is 6.17 Å². The van der Waals surface area contributed by atoms with Crippen LogP contribution in [0.15, 0.2) is 55.1 Å². The highest BCUT2D eigenvalue weighted by atomic mass is 35.5. The van der Waals surface area contributed by atoms with Crippen LogP contribution in [0.5, 0.6) is 17.4 Å². The van der Waals surface area contributed by atoms with Gasteiger partial charge in [0.2, 0.25) is 5.88 Å². The number of aromatic nitrogens is 5. The molecular formula is C23H25ClFN7O2. The minimum atomic E-state index is -0.679. The Morgan fingerprint density at radius 1 is 1.15 bits per heavy atom. The quantitative estimate of drug-likeness (QED) is 0.341. The fourth-order valence-corrected chi connectivity index (χ4v) is 3.85. The number of ether oxygens (including phenoxy) is 2. The minimum absolute atomic E-state index is 0. The zero-order chi connectivity index (χ0) is 22.6. The molecule has 34 heavy (non-hydrogen) atoms. The van der Waals surface area contributed by atoms with Gasteiger partial charge in [-0.15, -0.1) is 0 Å². The van der Waals surface area contributed by atoms with Crippen LogP contribution in [0.2, 0.25) is 0 Å². The van der Waals surface area contributed by atoms with Crippen LogP contribution in [-0.2, 0) is 7.05 Å². The first-order valence-corrected chi connectivity index (χ1v) is 10.9. The van der Waals surface area contributed by atoms with Gasteiger partial charge in [-0.3, -0.25) is 4.68 Å². The second-order valence-corrected chi connectivity index (χ2v) is 8.02. The molecule has 0 amide bonds. The number of pyridine rings is 1. The Labute approximate surface area is 202 Å². The smallest absolute Gasteiger partial charge is 0.219 e. The lowest BCUT2D eigenvalue weighted by Crippen LogP contribution is -3.11. The molecule has 1 unspecified atom stereocenters. The fraction of sp³-hybridized carbons (Fsp3) is 0.304. The van der Waals surface area contributed by atoms with E-state index in [1.807, 2.05) is 43.6 Å². The summed E-state index contributed by atoms with van der Waals surface area (Å²) in [4.78, 5) is 14.3. The van der Waals surface area contributed by atoms with Gasteiger partial charge in [0, 0.05) is 37.2 Å². The van der Waals surface area contributed by atoms with Gasteiger partial charge in [-0.2, -0.15) is 5.10 Å². The molecule has 0 aliphatic carbocycles. The van der Waals surface area contributed by atoms with Crippen LogP contribution in [0, 0.1) is 0 Å². The van der Waals surface area contributed by atoms with Crippen LogP contribution >= 0.6 is 0 Å². The molecule has 1 saturated heterocycles. The lowest BCUT2D eigenvalue weighted by Gasteiger charge is -2.13. The molecule has 178 valence electrons. The Morgan fingerprint density at radius 3 is 2.76 bits per heavy atom. The third kappa shape index (κ3) is 5.70. The third-order valence-corrected chi connectivity index (χ3v) is 5.54. The van der Waals surface area contributed by atoms with E-state index in [9.17, 15) is 4.39 Å². The van der Waals surface area contributed by atoms with Gasteiger partial charge in [-0.1, -0.05) is 0 Å². The average molecular weight is 486 g/mol. The number of nitrogens with zero attached hydrogens (tertiary/aromatic N) is 5. The van der Waals surface area contributed by atoms with Gasteiger partial charge in [0.15, 0.2) is 12.0 Å². The van der Waals surface area contributed by atoms with Crippen LogP contribution in [0.1, 0.15) is 6.42 Å². The van der Waals surface area contributed by atoms with Gasteiger partial charge in [0.05, 0.1) is 18.3 Å². The molecule has 4 heterocycles. The first-order chi connectivity index (χ1) is 16.1. The van der Waals surface area contributed by atoms with E-state index in [0.717, 1.165) is 24.0 Å². The summed E-state index contributed by atoms with van der Waals surface area (Å²) in [6.07, 6.45) is 4.96. The van der Waals surface area contributed by atoms with Gasteiger partial charge in [0.25, 0.3) is 0 Å². The molecule has 4 aromatic rings. The molecule has 1 aliphatic rings. The van der Waals surface area contributed by atoms with Gasteiger partial charge in [-0.25, -0.2) is 19.3 Å². The molecule has 0 bridgehead atoms. The normalized spacial score (nSPS) is 17.4. The van der Waals surface area contributed by atoms with E-state index >= 15 is 0 Å². The van der Waals surface area contributed by atoms with Crippen LogP contribution in [0.3, 0.4) is 0 Å². The van der Waals surface area contributed by atoms with Crippen molar-refractivity contribution in [3.63, 3.8) is 0 Å². The number of halogens is 2. The maximum Gasteiger partial charge on any atom is 0.219 e. The lowest BCUT2D eigenvalue weighted by molar-refractivity contribution is -0.888. The summed E-state index contributed by atoms with van der Waals surface area (Å²) in [6.45, 7) is 2.75. The molecule has 1 aromatic carbocycles. The van der Waals surface area contributed by atoms with Crippen molar-refractivity contribution >= 4 is 22.5 Å². The number of quaternary nitrogens is 1. The zero-order valence-corrected chi connectivity index (χ0v) is 19.4. The second kappa shape index (κ2) is 10.6. The minimum Gasteiger partial charge on any atom is -1.00 e. The Hall–Kier alpha value is -3.50. The van der Waals surface area contributed by atoms with Crippen molar-refractivity contribution in [2.24, 2.45) is 7.05 Å². The maximum atomic E-state index is 13.3. The fourth-order valence-electron chi connectivity index (χ4n) is 3.85. The first-order valence-electron chi connectivity index (χ1n) is 10.9. The number of hydrogen-bond donors (Lipinski definition) is 2. The predicted molar refractivity (Wildman–Crippen MR) is 121 cm³/mol. The van der Waals surface area contributed by atoms with E-state index in [4.69, 9.17) is 9.47 Å². The third-order valence-electron chi connectivity index (χ3n) is 5.54. The molecule has 0 saturated carbocycles. The summed E-state index contributed by atoms with van der Waals surface area (Å²) in [5.41, 5.74) is 0.784. The molecule has 0 spiro atoms. The Balaban J connectivity index is 0.00000274. The molecule has 9 nitrogen and oxygen atoms in total. The zero-order valence-electron chi connectivity index (χ0n) is 18.6. The van der Waals surface area contributed by atoms with Crippen molar-refractivity contribution in [3.05, 3.63) is 55.1 Å². The molecule has 0 radical (unpaired) electrons. The van der Waals surface area contributed by atoms with Crippen LogP contribution in [0.4, 0.5) is 16.0 Å². The number of aryl methyl sites for hydroxylation is 1. The van der Waals surface area contributed by atoms with E-state index in [1.54, 1.807) is 16.9 Å². The van der Waals surface area contributed by atoms with Gasteiger partial charge >= 0.3 is 0 Å². The number of rotatable bonds is 8. The lowest BCUT2D eigenvalue weighted by atomic mass is 10.2. The van der Waals surface area contributed by atoms with Gasteiger partial charge in [0.1, 0.15) is 43.3 Å². The summed E-state index contributed by atoms with van der Waals surface area (Å²) in [7, 11) is 1.85. The summed E-state index contributed by atoms with van der Waals surface area (Å²) >= 11 is 0. The Morgan fingerprint density at radius 2 is 2.03 bits per heavy atom. The van der Waals surface area contributed by atoms with Crippen LogP contribution in [0.25, 0.3) is 10.9 Å². The monoisotopic (exact) mass is 485 g/mol. The van der Waals surface area contributed by atoms with E-state index in [0.29, 0.717) is 48.6 Å². The van der Waals surface area contributed by atoms with Crippen molar-refractivity contribution in [2.75, 3.05) is 31.6 Å². The van der Waals surface area contributed by atoms with Gasteiger partial charge < -0.3 is 32.1 Å². The highest BCUT2D eigenvalue weighted by molar-refractivity contribution is 5.91. The first kappa shape index (κ1) is 23.7. The van der Waals surface area contributed by atoms with Crippen LogP contribution < -0.4 is 32.1 Å². The van der Waals surface area contributed by atoms with E-state index in [2.05, 4.69) is 25.4 Å². The van der Waals surface area contributed by atoms with Crippen LogP contribution in [-0.4, -0.2) is 57.1 Å². The number of anilines is 2. The molecule has 3 aromatic heterocycles. The summed E-state index contributed by atoms with van der Waals surface area (Å²) in [5.74, 6) is 3.05. The van der Waals surface area contributed by atoms with Crippen molar-refractivity contribution in [1.29, 1.82) is 0 Å². The van der Waals surface area contributed by atoms with Crippen molar-refractivity contribution in [3.8, 4) is 17.4 Å². The predicted octanol–water partition coefficient (Wildman–Crippen LogP) is -0.696. The number of hydrogen-bond acceptors (Lipinski definition) is 7. The molecule has 11 heteroatoms. The molecule has 2 N–H and O–H groups in total. The average Bonchev–Trinajstić information content (AvgIpc) is 3.43. The Bertz CT molecular complexity index is 1240. The molecule has 1 aliphatic heterocycles. The highest BCUT2D eigenvalue weighted by Crippen LogP contribution is 2.28. The van der Waals surface area contributed by atoms with Crippen molar-refractivity contribution in [2.45, 2.75) is 12.6 Å². The van der Waals surface area contributed by atoms with E-state index in [-0.39, 0.29) is 12.4 Å². The highest BCUT2D eigenvalue weighted by Gasteiger charge is 2.25.